The van der Waals surface area contributed by atoms with Gasteiger partial charge in [-0.25, -0.2) is 4.98 Å². The van der Waals surface area contributed by atoms with Crippen molar-refractivity contribution in [1.29, 1.82) is 0 Å². The van der Waals surface area contributed by atoms with Crippen molar-refractivity contribution in [2.45, 2.75) is 6.54 Å². The summed E-state index contributed by atoms with van der Waals surface area (Å²) in [4.78, 5) is 9.80. The summed E-state index contributed by atoms with van der Waals surface area (Å²) in [6, 6.07) is 6.35. The number of ether oxygens (including phenoxy) is 1. The predicted molar refractivity (Wildman–Crippen MR) is 75.1 cm³/mol. The predicted octanol–water partition coefficient (Wildman–Crippen LogP) is 0.985. The summed E-state index contributed by atoms with van der Waals surface area (Å²) in [6.45, 7) is 6.87. The van der Waals surface area contributed by atoms with Crippen LogP contribution in [0.1, 0.15) is 5.56 Å². The molecule has 102 valence electrons. The fourth-order valence-corrected chi connectivity index (χ4v) is 2.39. The van der Waals surface area contributed by atoms with Gasteiger partial charge in [0, 0.05) is 32.7 Å². The molecule has 1 saturated heterocycles. The number of aromatic amines is 1. The molecule has 3 rings (SSSR count). The minimum Gasteiger partial charge on any atom is -0.379 e. The number of hydrogen-bond donors (Lipinski definition) is 2. The van der Waals surface area contributed by atoms with Gasteiger partial charge in [-0.2, -0.15) is 0 Å². The van der Waals surface area contributed by atoms with E-state index in [-0.39, 0.29) is 0 Å². The highest BCUT2D eigenvalue weighted by molar-refractivity contribution is 5.74. The summed E-state index contributed by atoms with van der Waals surface area (Å²) >= 11 is 0. The fraction of sp³-hybridized carbons (Fsp3) is 0.500. The molecule has 0 unspecified atom stereocenters. The maximum Gasteiger partial charge on any atom is 0.0931 e. The van der Waals surface area contributed by atoms with Crippen molar-refractivity contribution in [3.05, 3.63) is 30.1 Å². The third-order valence-electron chi connectivity index (χ3n) is 3.52. The molecule has 5 nitrogen and oxygen atoms in total. The van der Waals surface area contributed by atoms with Crippen LogP contribution in [0, 0.1) is 0 Å². The molecule has 0 bridgehead atoms. The number of aromatic nitrogens is 2. The highest BCUT2D eigenvalue weighted by atomic mass is 16.5. The summed E-state index contributed by atoms with van der Waals surface area (Å²) < 4.78 is 5.34. The van der Waals surface area contributed by atoms with Crippen LogP contribution in [0.25, 0.3) is 11.0 Å². The normalized spacial score (nSPS) is 17.1. The highest BCUT2D eigenvalue weighted by Gasteiger charge is 2.08. The van der Waals surface area contributed by atoms with Crippen molar-refractivity contribution in [3.63, 3.8) is 0 Å². The maximum absolute atomic E-state index is 5.34. The SMILES string of the molecule is c1nc2ccc(CNCCN3CCOCC3)cc2[nH]1. The van der Waals surface area contributed by atoms with E-state index < -0.39 is 0 Å². The van der Waals surface area contributed by atoms with Crippen LogP contribution in [0.3, 0.4) is 0 Å². The molecule has 2 aromatic rings. The monoisotopic (exact) mass is 260 g/mol. The molecule has 0 atom stereocenters. The van der Waals surface area contributed by atoms with Crippen molar-refractivity contribution in [3.8, 4) is 0 Å². The molecule has 1 aliphatic rings. The second kappa shape index (κ2) is 6.14. The average Bonchev–Trinajstić information content (AvgIpc) is 2.92. The summed E-state index contributed by atoms with van der Waals surface area (Å²) in [5.41, 5.74) is 3.42. The Kier molecular flexibility index (Phi) is 4.07. The first-order valence-corrected chi connectivity index (χ1v) is 6.85. The van der Waals surface area contributed by atoms with Crippen LogP contribution in [-0.2, 0) is 11.3 Å². The Balaban J connectivity index is 1.43. The summed E-state index contributed by atoms with van der Waals surface area (Å²) in [6.07, 6.45) is 1.74. The van der Waals surface area contributed by atoms with Crippen molar-refractivity contribution in [1.82, 2.24) is 20.2 Å². The third-order valence-corrected chi connectivity index (χ3v) is 3.52. The van der Waals surface area contributed by atoms with Gasteiger partial charge in [-0.1, -0.05) is 6.07 Å². The van der Waals surface area contributed by atoms with Crippen molar-refractivity contribution in [2.75, 3.05) is 39.4 Å². The van der Waals surface area contributed by atoms with Gasteiger partial charge < -0.3 is 15.0 Å². The molecule has 0 aliphatic carbocycles. The van der Waals surface area contributed by atoms with Crippen LogP contribution in [0.5, 0.6) is 0 Å². The lowest BCUT2D eigenvalue weighted by molar-refractivity contribution is 0.0384. The van der Waals surface area contributed by atoms with Crippen LogP contribution < -0.4 is 5.32 Å². The van der Waals surface area contributed by atoms with Gasteiger partial charge >= 0.3 is 0 Å². The molecule has 0 spiro atoms. The van der Waals surface area contributed by atoms with Crippen LogP contribution >= 0.6 is 0 Å². The molecule has 1 aromatic carbocycles. The van der Waals surface area contributed by atoms with Crippen molar-refractivity contribution in [2.24, 2.45) is 0 Å². The zero-order valence-electron chi connectivity index (χ0n) is 11.1. The number of hydrogen-bond acceptors (Lipinski definition) is 4. The third kappa shape index (κ3) is 3.32. The molecular formula is C14H20N4O. The number of fused-ring (bicyclic) bond motifs is 1. The molecule has 5 heteroatoms. The number of rotatable bonds is 5. The quantitative estimate of drug-likeness (QED) is 0.787. The van der Waals surface area contributed by atoms with E-state index in [1.165, 1.54) is 5.56 Å². The van der Waals surface area contributed by atoms with Gasteiger partial charge in [-0.15, -0.1) is 0 Å². The molecule has 1 aromatic heterocycles. The van der Waals surface area contributed by atoms with Gasteiger partial charge in [-0.05, 0) is 17.7 Å². The van der Waals surface area contributed by atoms with Crippen LogP contribution in [0.4, 0.5) is 0 Å². The zero-order valence-corrected chi connectivity index (χ0v) is 11.1. The molecule has 1 fully saturated rings. The Morgan fingerprint density at radius 3 is 3.11 bits per heavy atom. The number of nitrogens with one attached hydrogen (secondary N) is 2. The van der Waals surface area contributed by atoms with Crippen LogP contribution in [0.15, 0.2) is 24.5 Å². The van der Waals surface area contributed by atoms with Crippen molar-refractivity contribution >= 4 is 11.0 Å². The largest absolute Gasteiger partial charge is 0.379 e. The number of nitrogens with zero attached hydrogens (tertiary/aromatic N) is 2. The number of imidazole rings is 1. The van der Waals surface area contributed by atoms with E-state index >= 15 is 0 Å². The number of H-pyrrole nitrogens is 1. The Hall–Kier alpha value is -1.43. The first kappa shape index (κ1) is 12.6. The Labute approximate surface area is 113 Å². The van der Waals surface area contributed by atoms with Gasteiger partial charge in [0.05, 0.1) is 30.6 Å². The topological polar surface area (TPSA) is 53.2 Å². The molecular weight excluding hydrogens is 240 g/mol. The number of benzene rings is 1. The Bertz CT molecular complexity index is 519. The van der Waals surface area contributed by atoms with Gasteiger partial charge in [0.2, 0.25) is 0 Å². The average molecular weight is 260 g/mol. The highest BCUT2D eigenvalue weighted by Crippen LogP contribution is 2.11. The molecule has 2 N–H and O–H groups in total. The molecule has 19 heavy (non-hydrogen) atoms. The molecule has 0 radical (unpaired) electrons. The zero-order chi connectivity index (χ0) is 12.9. The van der Waals surface area contributed by atoms with Gasteiger partial charge in [0.25, 0.3) is 0 Å². The molecule has 0 saturated carbocycles. The Morgan fingerprint density at radius 2 is 2.21 bits per heavy atom. The second-order valence-electron chi connectivity index (χ2n) is 4.88. The van der Waals surface area contributed by atoms with E-state index in [0.29, 0.717) is 0 Å². The van der Waals surface area contributed by atoms with E-state index in [0.717, 1.165) is 57.0 Å². The minimum atomic E-state index is 0.872. The summed E-state index contributed by atoms with van der Waals surface area (Å²) in [5, 5.41) is 3.49. The fourth-order valence-electron chi connectivity index (χ4n) is 2.39. The molecule has 1 aliphatic heterocycles. The summed E-state index contributed by atoms with van der Waals surface area (Å²) in [7, 11) is 0. The lowest BCUT2D eigenvalue weighted by Gasteiger charge is -2.26. The van der Waals surface area contributed by atoms with Gasteiger partial charge in [0.15, 0.2) is 0 Å². The maximum atomic E-state index is 5.34. The summed E-state index contributed by atoms with van der Waals surface area (Å²) in [5.74, 6) is 0. The van der Waals surface area contributed by atoms with Gasteiger partial charge in [-0.3, -0.25) is 4.90 Å². The lowest BCUT2D eigenvalue weighted by atomic mass is 10.2. The first-order chi connectivity index (χ1) is 9.42. The lowest BCUT2D eigenvalue weighted by Crippen LogP contribution is -2.40. The van der Waals surface area contributed by atoms with Crippen LogP contribution in [-0.4, -0.2) is 54.3 Å². The second-order valence-corrected chi connectivity index (χ2v) is 4.88. The van der Waals surface area contributed by atoms with E-state index in [9.17, 15) is 0 Å². The van der Waals surface area contributed by atoms with Crippen molar-refractivity contribution < 1.29 is 4.74 Å². The van der Waals surface area contributed by atoms with E-state index in [1.54, 1.807) is 6.33 Å². The van der Waals surface area contributed by atoms with E-state index in [1.807, 2.05) is 0 Å². The van der Waals surface area contributed by atoms with Crippen LogP contribution in [0.2, 0.25) is 0 Å². The molecule has 2 heterocycles. The van der Waals surface area contributed by atoms with E-state index in [2.05, 4.69) is 38.4 Å². The van der Waals surface area contributed by atoms with Gasteiger partial charge in [0.1, 0.15) is 0 Å². The van der Waals surface area contributed by atoms with E-state index in [4.69, 9.17) is 4.74 Å². The standard InChI is InChI=1S/C14H20N4O/c1-2-13-14(17-11-16-13)9-12(1)10-15-3-4-18-5-7-19-8-6-18/h1-2,9,11,15H,3-8,10H2,(H,16,17). The number of morpholine rings is 1. The Morgan fingerprint density at radius 1 is 1.32 bits per heavy atom. The smallest absolute Gasteiger partial charge is 0.0931 e. The first-order valence-electron chi connectivity index (χ1n) is 6.85. The molecule has 0 amide bonds. The minimum absolute atomic E-state index is 0.872.